The molecule has 2 aromatic heterocycles. The van der Waals surface area contributed by atoms with E-state index < -0.39 is 5.91 Å². The molecule has 0 aromatic carbocycles. The Kier molecular flexibility index (Phi) is 5.45. The molecule has 32 heavy (non-hydrogen) atoms. The predicted octanol–water partition coefficient (Wildman–Crippen LogP) is 2.66. The lowest BCUT2D eigenvalue weighted by atomic mass is 9.91. The first kappa shape index (κ1) is 21.4. The van der Waals surface area contributed by atoms with Gasteiger partial charge in [-0.15, -0.1) is 0 Å². The van der Waals surface area contributed by atoms with Crippen LogP contribution < -0.4 is 0 Å². The molecule has 2 saturated carbocycles. The molecular formula is C23H27ClN4O4. The predicted molar refractivity (Wildman–Crippen MR) is 118 cm³/mol. The number of nitrogens with zero attached hydrogens (tertiary/aromatic N) is 4. The molecule has 2 amide bonds. The molecular weight excluding hydrogens is 432 g/mol. The molecule has 0 bridgehead atoms. The van der Waals surface area contributed by atoms with Gasteiger partial charge >= 0.3 is 0 Å². The number of aliphatic hydroxyl groups is 1. The average molecular weight is 459 g/mol. The Morgan fingerprint density at radius 2 is 1.84 bits per heavy atom. The molecule has 9 heteroatoms. The van der Waals surface area contributed by atoms with Crippen molar-refractivity contribution in [2.75, 3.05) is 19.6 Å². The number of carbonyl (C=O) groups excluding carboxylic acids is 3. The number of rotatable bonds is 4. The molecule has 0 unspecified atom stereocenters. The van der Waals surface area contributed by atoms with Gasteiger partial charge in [-0.3, -0.25) is 18.8 Å². The lowest BCUT2D eigenvalue weighted by molar-refractivity contribution is -0.138. The zero-order valence-electron chi connectivity index (χ0n) is 18.1. The van der Waals surface area contributed by atoms with Gasteiger partial charge in [0.05, 0.1) is 11.7 Å². The van der Waals surface area contributed by atoms with Crippen LogP contribution in [0.4, 0.5) is 0 Å². The molecule has 3 heterocycles. The molecule has 1 saturated heterocycles. The summed E-state index contributed by atoms with van der Waals surface area (Å²) < 4.78 is 1.63. The third kappa shape index (κ3) is 3.79. The first-order valence-corrected chi connectivity index (χ1v) is 11.7. The Labute approximate surface area is 191 Å². The van der Waals surface area contributed by atoms with Crippen LogP contribution in [0.3, 0.4) is 0 Å². The Morgan fingerprint density at radius 1 is 1.12 bits per heavy atom. The summed E-state index contributed by atoms with van der Waals surface area (Å²) in [6.07, 6.45) is 6.73. The number of hydrogen-bond donors (Lipinski definition) is 1. The molecule has 2 aromatic rings. The van der Waals surface area contributed by atoms with Crippen LogP contribution in [0.5, 0.6) is 0 Å². The quantitative estimate of drug-likeness (QED) is 0.710. The summed E-state index contributed by atoms with van der Waals surface area (Å²) >= 11 is 6.57. The van der Waals surface area contributed by atoms with Crippen molar-refractivity contribution in [3.8, 4) is 0 Å². The molecule has 3 aliphatic rings. The van der Waals surface area contributed by atoms with Crippen molar-refractivity contribution in [3.63, 3.8) is 0 Å². The number of amides is 2. The van der Waals surface area contributed by atoms with Crippen molar-refractivity contribution in [2.24, 2.45) is 0 Å². The van der Waals surface area contributed by atoms with Crippen LogP contribution in [0.2, 0.25) is 5.15 Å². The molecule has 5 rings (SSSR count). The lowest BCUT2D eigenvalue weighted by Crippen LogP contribution is -2.56. The Morgan fingerprint density at radius 3 is 2.47 bits per heavy atom. The van der Waals surface area contributed by atoms with Crippen molar-refractivity contribution < 1.29 is 19.5 Å². The monoisotopic (exact) mass is 458 g/mol. The van der Waals surface area contributed by atoms with Gasteiger partial charge in [-0.2, -0.15) is 0 Å². The number of aliphatic hydroxyl groups excluding tert-OH is 1. The van der Waals surface area contributed by atoms with Gasteiger partial charge in [-0.25, -0.2) is 4.98 Å². The first-order valence-electron chi connectivity index (χ1n) is 11.3. The second kappa shape index (κ2) is 8.15. The van der Waals surface area contributed by atoms with Gasteiger partial charge in [0.1, 0.15) is 17.3 Å². The van der Waals surface area contributed by atoms with E-state index in [1.807, 2.05) is 17.2 Å². The average Bonchev–Trinajstić information content (AvgIpc) is 3.57. The van der Waals surface area contributed by atoms with E-state index in [-0.39, 0.29) is 41.2 Å². The van der Waals surface area contributed by atoms with Crippen molar-refractivity contribution in [1.82, 2.24) is 19.2 Å². The minimum absolute atomic E-state index is 0.0189. The van der Waals surface area contributed by atoms with Gasteiger partial charge < -0.3 is 14.9 Å². The van der Waals surface area contributed by atoms with Crippen LogP contribution in [-0.4, -0.2) is 73.7 Å². The van der Waals surface area contributed by atoms with E-state index in [2.05, 4.69) is 4.98 Å². The number of imidazole rings is 1. The smallest absolute Gasteiger partial charge is 0.276 e. The maximum atomic E-state index is 13.3. The van der Waals surface area contributed by atoms with E-state index in [9.17, 15) is 19.5 Å². The van der Waals surface area contributed by atoms with E-state index in [0.29, 0.717) is 43.1 Å². The third-order valence-corrected chi connectivity index (χ3v) is 7.33. The largest absolute Gasteiger partial charge is 0.393 e. The highest BCUT2D eigenvalue weighted by molar-refractivity contribution is 6.33. The fourth-order valence-electron chi connectivity index (χ4n) is 4.94. The van der Waals surface area contributed by atoms with E-state index in [1.54, 1.807) is 4.40 Å². The first-order chi connectivity index (χ1) is 15.3. The zero-order chi connectivity index (χ0) is 22.6. The van der Waals surface area contributed by atoms with E-state index in [0.717, 1.165) is 31.2 Å². The van der Waals surface area contributed by atoms with E-state index in [1.165, 1.54) is 11.8 Å². The molecule has 0 spiro atoms. The number of hydrogen-bond acceptors (Lipinski definition) is 5. The number of carbonyl (C=O) groups is 3. The summed E-state index contributed by atoms with van der Waals surface area (Å²) in [5.41, 5.74) is 1.93. The number of fused-ring (bicyclic) bond motifs is 1. The third-order valence-electron chi connectivity index (χ3n) is 6.97. The van der Waals surface area contributed by atoms with Crippen LogP contribution in [0.1, 0.15) is 77.8 Å². The van der Waals surface area contributed by atoms with Gasteiger partial charge in [0.15, 0.2) is 11.5 Å². The van der Waals surface area contributed by atoms with Crippen molar-refractivity contribution in [3.05, 3.63) is 34.2 Å². The minimum Gasteiger partial charge on any atom is -0.393 e. The second-order valence-electron chi connectivity index (χ2n) is 9.24. The minimum atomic E-state index is -0.395. The highest BCUT2D eigenvalue weighted by Crippen LogP contribution is 2.41. The molecule has 170 valence electrons. The maximum absolute atomic E-state index is 13.3. The highest BCUT2D eigenvalue weighted by Gasteiger charge is 2.35. The molecule has 3 fully saturated rings. The molecule has 1 N–H and O–H groups in total. The molecule has 2 aliphatic carbocycles. The normalized spacial score (nSPS) is 24.3. The van der Waals surface area contributed by atoms with Crippen LogP contribution in [0, 0.1) is 0 Å². The van der Waals surface area contributed by atoms with Crippen molar-refractivity contribution in [2.45, 2.75) is 63.5 Å². The van der Waals surface area contributed by atoms with Crippen LogP contribution >= 0.6 is 11.6 Å². The highest BCUT2D eigenvalue weighted by atomic mass is 35.5. The van der Waals surface area contributed by atoms with Crippen LogP contribution in [0.15, 0.2) is 12.3 Å². The fraction of sp³-hybridized carbons (Fsp3) is 0.565. The summed E-state index contributed by atoms with van der Waals surface area (Å²) in [5, 5.41) is 9.90. The number of piperazine rings is 1. The SMILES string of the molecule is CC(=O)c1cc(C2CC2)cn2c(Cl)c(C(=O)N3CCN([C@H]4CC[C@H](O)CC4)C(=O)C3)nc12. The van der Waals surface area contributed by atoms with E-state index >= 15 is 0 Å². The van der Waals surface area contributed by atoms with Gasteiger partial charge in [-0.05, 0) is 63.0 Å². The number of aromatic nitrogens is 2. The number of ketones is 1. The number of halogens is 1. The van der Waals surface area contributed by atoms with Crippen LogP contribution in [0.25, 0.3) is 5.65 Å². The van der Waals surface area contributed by atoms with Crippen molar-refractivity contribution in [1.29, 1.82) is 0 Å². The zero-order valence-corrected chi connectivity index (χ0v) is 18.8. The Hall–Kier alpha value is -2.45. The Bertz CT molecular complexity index is 1100. The van der Waals surface area contributed by atoms with Crippen molar-refractivity contribution >= 4 is 34.8 Å². The fourth-order valence-corrected chi connectivity index (χ4v) is 5.19. The van der Waals surface area contributed by atoms with E-state index in [4.69, 9.17) is 11.6 Å². The van der Waals surface area contributed by atoms with Gasteiger partial charge in [0, 0.05) is 25.3 Å². The molecule has 0 radical (unpaired) electrons. The summed E-state index contributed by atoms with van der Waals surface area (Å²) in [5.74, 6) is -0.194. The molecule has 8 nitrogen and oxygen atoms in total. The number of pyridine rings is 1. The summed E-state index contributed by atoms with van der Waals surface area (Å²) in [4.78, 5) is 46.1. The standard InChI is InChI=1S/C23H27ClN4O4/c1-13(29)18-10-15(14-2-3-14)11-28-21(24)20(25-22(18)28)23(32)26-8-9-27(19(31)12-26)16-4-6-17(30)7-5-16/h10-11,14,16-17,30H,2-9,12H2,1H3/t16-,17-. The lowest BCUT2D eigenvalue weighted by Gasteiger charge is -2.41. The van der Waals surface area contributed by atoms with Gasteiger partial charge in [0.25, 0.3) is 5.91 Å². The summed E-state index contributed by atoms with van der Waals surface area (Å²) in [6.45, 7) is 2.33. The topological polar surface area (TPSA) is 95.2 Å². The molecule has 0 atom stereocenters. The maximum Gasteiger partial charge on any atom is 0.276 e. The van der Waals surface area contributed by atoms with Gasteiger partial charge in [0.2, 0.25) is 5.91 Å². The Balaban J connectivity index is 1.38. The summed E-state index contributed by atoms with van der Waals surface area (Å²) in [6, 6.07) is 1.98. The number of Topliss-reactive ketones (excluding diaryl/α,β-unsaturated/α-hetero) is 1. The van der Waals surface area contributed by atoms with Gasteiger partial charge in [-0.1, -0.05) is 11.6 Å². The second-order valence-corrected chi connectivity index (χ2v) is 9.60. The summed E-state index contributed by atoms with van der Waals surface area (Å²) in [7, 11) is 0. The van der Waals surface area contributed by atoms with Crippen LogP contribution in [-0.2, 0) is 4.79 Å². The molecule has 1 aliphatic heterocycles.